The fourth-order valence-corrected chi connectivity index (χ4v) is 2.99. The summed E-state index contributed by atoms with van der Waals surface area (Å²) >= 11 is 0. The quantitative estimate of drug-likeness (QED) is 0.594. The minimum absolute atomic E-state index is 0.232. The number of para-hydroxylation sites is 3. The van der Waals surface area contributed by atoms with Gasteiger partial charge in [-0.05, 0) is 42.5 Å². The summed E-state index contributed by atoms with van der Waals surface area (Å²) in [4.78, 5) is 29.8. The first-order chi connectivity index (χ1) is 13.7. The van der Waals surface area contributed by atoms with Crippen molar-refractivity contribution in [3.8, 4) is 11.4 Å². The summed E-state index contributed by atoms with van der Waals surface area (Å²) in [5.41, 5.74) is 1.96. The Morgan fingerprint density at radius 3 is 2.54 bits per heavy atom. The van der Waals surface area contributed by atoms with Gasteiger partial charge in [-0.25, -0.2) is 4.98 Å². The van der Waals surface area contributed by atoms with Gasteiger partial charge in [0, 0.05) is 11.3 Å². The molecule has 6 nitrogen and oxygen atoms in total. The number of ether oxygens (including phenoxy) is 1. The number of anilines is 1. The second-order valence-corrected chi connectivity index (χ2v) is 6.14. The number of nitrogens with one attached hydrogen (secondary N) is 1. The van der Waals surface area contributed by atoms with Gasteiger partial charge < -0.3 is 10.1 Å². The zero-order valence-corrected chi connectivity index (χ0v) is 15.1. The Balaban J connectivity index is 1.72. The molecule has 1 heterocycles. The lowest BCUT2D eigenvalue weighted by Gasteiger charge is -2.11. The Morgan fingerprint density at radius 1 is 1.00 bits per heavy atom. The van der Waals surface area contributed by atoms with Crippen LogP contribution in [-0.2, 0) is 0 Å². The maximum Gasteiger partial charge on any atom is 0.265 e. The zero-order valence-electron chi connectivity index (χ0n) is 15.1. The van der Waals surface area contributed by atoms with E-state index >= 15 is 0 Å². The maximum atomic E-state index is 12.9. The minimum atomic E-state index is -0.260. The van der Waals surface area contributed by atoms with Crippen molar-refractivity contribution >= 4 is 22.5 Å². The van der Waals surface area contributed by atoms with Crippen molar-refractivity contribution in [2.24, 2.45) is 0 Å². The Morgan fingerprint density at radius 2 is 1.75 bits per heavy atom. The molecule has 1 aromatic heterocycles. The van der Waals surface area contributed by atoms with Gasteiger partial charge in [0.05, 0.1) is 23.7 Å². The van der Waals surface area contributed by atoms with E-state index in [-0.39, 0.29) is 11.5 Å². The first-order valence-corrected chi connectivity index (χ1v) is 8.68. The smallest absolute Gasteiger partial charge is 0.265 e. The predicted molar refractivity (Wildman–Crippen MR) is 108 cm³/mol. The number of methoxy groups -OCH3 is 1. The van der Waals surface area contributed by atoms with Crippen LogP contribution in [0.25, 0.3) is 16.6 Å². The van der Waals surface area contributed by atoms with E-state index in [4.69, 9.17) is 4.74 Å². The summed E-state index contributed by atoms with van der Waals surface area (Å²) < 4.78 is 6.77. The number of hydrogen-bond acceptors (Lipinski definition) is 4. The lowest BCUT2D eigenvalue weighted by atomic mass is 10.1. The van der Waals surface area contributed by atoms with Gasteiger partial charge in [-0.3, -0.25) is 14.2 Å². The van der Waals surface area contributed by atoms with E-state index in [0.717, 1.165) is 0 Å². The van der Waals surface area contributed by atoms with Crippen LogP contribution in [0, 0.1) is 0 Å². The summed E-state index contributed by atoms with van der Waals surface area (Å²) in [6, 6.07) is 21.3. The highest BCUT2D eigenvalue weighted by Crippen LogP contribution is 2.21. The van der Waals surface area contributed by atoms with Crippen molar-refractivity contribution in [3.05, 3.63) is 95.0 Å². The molecule has 0 saturated heterocycles. The number of benzene rings is 3. The van der Waals surface area contributed by atoms with E-state index in [2.05, 4.69) is 10.3 Å². The molecule has 3 aromatic carbocycles. The molecule has 0 atom stereocenters. The average Bonchev–Trinajstić information content (AvgIpc) is 2.74. The van der Waals surface area contributed by atoms with Crippen LogP contribution in [0.1, 0.15) is 10.4 Å². The van der Waals surface area contributed by atoms with Crippen LogP contribution in [0.2, 0.25) is 0 Å². The molecule has 4 aromatic rings. The molecule has 0 radical (unpaired) electrons. The summed E-state index contributed by atoms with van der Waals surface area (Å²) in [5.74, 6) is 0.313. The van der Waals surface area contributed by atoms with E-state index < -0.39 is 0 Å². The van der Waals surface area contributed by atoms with E-state index in [9.17, 15) is 9.59 Å². The molecular weight excluding hydrogens is 354 g/mol. The molecule has 138 valence electrons. The molecule has 0 unspecified atom stereocenters. The molecule has 0 fully saturated rings. The summed E-state index contributed by atoms with van der Waals surface area (Å²) in [6.07, 6.45) is 1.45. The van der Waals surface area contributed by atoms with Gasteiger partial charge in [-0.15, -0.1) is 0 Å². The molecule has 28 heavy (non-hydrogen) atoms. The lowest BCUT2D eigenvalue weighted by molar-refractivity contribution is 0.102. The van der Waals surface area contributed by atoms with E-state index in [1.165, 1.54) is 10.9 Å². The first kappa shape index (κ1) is 17.5. The highest BCUT2D eigenvalue weighted by Gasteiger charge is 2.12. The zero-order chi connectivity index (χ0) is 19.5. The minimum Gasteiger partial charge on any atom is -0.495 e. The first-order valence-electron chi connectivity index (χ1n) is 8.68. The molecule has 0 aliphatic rings. The monoisotopic (exact) mass is 371 g/mol. The molecule has 0 aliphatic heterocycles. The number of hydrogen-bond donors (Lipinski definition) is 1. The average molecular weight is 371 g/mol. The summed E-state index contributed by atoms with van der Waals surface area (Å²) in [6.45, 7) is 0. The van der Waals surface area contributed by atoms with Crippen LogP contribution in [0.15, 0.2) is 83.9 Å². The Bertz CT molecular complexity index is 1220. The van der Waals surface area contributed by atoms with Gasteiger partial charge in [-0.1, -0.05) is 30.3 Å². The van der Waals surface area contributed by atoms with E-state index in [1.54, 1.807) is 37.4 Å². The van der Waals surface area contributed by atoms with Gasteiger partial charge in [0.15, 0.2) is 0 Å². The second kappa shape index (κ2) is 7.36. The highest BCUT2D eigenvalue weighted by atomic mass is 16.5. The number of nitrogens with zero attached hydrogens (tertiary/aromatic N) is 2. The van der Waals surface area contributed by atoms with Crippen LogP contribution in [0.5, 0.6) is 5.75 Å². The number of aromatic nitrogens is 2. The topological polar surface area (TPSA) is 73.2 Å². The Labute approximate surface area is 161 Å². The number of amides is 1. The van der Waals surface area contributed by atoms with Crippen LogP contribution in [0.4, 0.5) is 5.69 Å². The van der Waals surface area contributed by atoms with Crippen molar-refractivity contribution in [1.82, 2.24) is 9.55 Å². The normalized spacial score (nSPS) is 10.6. The molecule has 0 spiro atoms. The molecule has 6 heteroatoms. The van der Waals surface area contributed by atoms with Crippen molar-refractivity contribution in [2.45, 2.75) is 0 Å². The number of rotatable bonds is 4. The highest BCUT2D eigenvalue weighted by molar-refractivity contribution is 6.06. The standard InChI is InChI=1S/C22H17N3O3/c1-28-20-10-6-5-9-19(20)25-14-23-18-13-15(11-12-17(18)22(25)27)21(26)24-16-7-3-2-4-8-16/h2-14H,1H3,(H,24,26). The third kappa shape index (κ3) is 3.23. The van der Waals surface area contributed by atoms with Crippen molar-refractivity contribution < 1.29 is 9.53 Å². The van der Waals surface area contributed by atoms with Crippen LogP contribution < -0.4 is 15.6 Å². The molecular formula is C22H17N3O3. The SMILES string of the molecule is COc1ccccc1-n1cnc2cc(C(=O)Nc3ccccc3)ccc2c1=O. The third-order valence-corrected chi connectivity index (χ3v) is 4.40. The van der Waals surface area contributed by atoms with Crippen LogP contribution >= 0.6 is 0 Å². The van der Waals surface area contributed by atoms with Crippen molar-refractivity contribution in [2.75, 3.05) is 12.4 Å². The molecule has 0 saturated carbocycles. The van der Waals surface area contributed by atoms with Gasteiger partial charge >= 0.3 is 0 Å². The maximum absolute atomic E-state index is 12.9. The number of fused-ring (bicyclic) bond motifs is 1. The van der Waals surface area contributed by atoms with Gasteiger partial charge in [-0.2, -0.15) is 0 Å². The molecule has 1 N–H and O–H groups in total. The Kier molecular flexibility index (Phi) is 4.60. The third-order valence-electron chi connectivity index (χ3n) is 4.40. The number of carbonyl (C=O) groups is 1. The molecule has 4 rings (SSSR count). The second-order valence-electron chi connectivity index (χ2n) is 6.14. The van der Waals surface area contributed by atoms with Crippen molar-refractivity contribution in [3.63, 3.8) is 0 Å². The predicted octanol–water partition coefficient (Wildman–Crippen LogP) is 3.65. The Hall–Kier alpha value is -3.93. The molecule has 0 bridgehead atoms. The van der Waals surface area contributed by atoms with Crippen LogP contribution in [0.3, 0.4) is 0 Å². The fraction of sp³-hybridized carbons (Fsp3) is 0.0455. The van der Waals surface area contributed by atoms with Gasteiger partial charge in [0.1, 0.15) is 12.1 Å². The van der Waals surface area contributed by atoms with Crippen LogP contribution in [-0.4, -0.2) is 22.6 Å². The van der Waals surface area contributed by atoms with E-state index in [1.807, 2.05) is 42.5 Å². The summed E-state index contributed by atoms with van der Waals surface area (Å²) in [5, 5.41) is 3.24. The number of carbonyl (C=O) groups excluding carboxylic acids is 1. The lowest BCUT2D eigenvalue weighted by Crippen LogP contribution is -2.20. The largest absolute Gasteiger partial charge is 0.495 e. The van der Waals surface area contributed by atoms with E-state index in [0.29, 0.717) is 33.6 Å². The summed E-state index contributed by atoms with van der Waals surface area (Å²) in [7, 11) is 1.55. The fourth-order valence-electron chi connectivity index (χ4n) is 2.99. The van der Waals surface area contributed by atoms with Gasteiger partial charge in [0.2, 0.25) is 0 Å². The molecule has 0 aliphatic carbocycles. The van der Waals surface area contributed by atoms with Gasteiger partial charge in [0.25, 0.3) is 11.5 Å². The molecule has 1 amide bonds. The van der Waals surface area contributed by atoms with Crippen molar-refractivity contribution in [1.29, 1.82) is 0 Å².